The summed E-state index contributed by atoms with van der Waals surface area (Å²) in [5.41, 5.74) is 8.56. The highest BCUT2D eigenvalue weighted by Crippen LogP contribution is 2.40. The number of nitrogens with two attached hydrogens (primary N) is 1. The number of benzene rings is 1. The zero-order valence-corrected chi connectivity index (χ0v) is 11.2. The van der Waals surface area contributed by atoms with E-state index in [0.717, 1.165) is 22.4 Å². The lowest BCUT2D eigenvalue weighted by Crippen LogP contribution is -2.13. The lowest BCUT2D eigenvalue weighted by atomic mass is 9.84. The maximum Gasteiger partial charge on any atom is 0.230 e. The molecule has 0 aliphatic rings. The minimum absolute atomic E-state index is 0.00667. The smallest absolute Gasteiger partial charge is 0.230 e. The van der Waals surface area contributed by atoms with E-state index in [9.17, 15) is 0 Å². The Balaban J connectivity index is 2.67. The highest BCUT2D eigenvalue weighted by atomic mass is 16.5. The van der Waals surface area contributed by atoms with Gasteiger partial charge < -0.3 is 15.0 Å². The summed E-state index contributed by atoms with van der Waals surface area (Å²) >= 11 is 0. The molecule has 0 radical (unpaired) electrons. The van der Waals surface area contributed by atoms with Crippen LogP contribution in [0.5, 0.6) is 5.75 Å². The van der Waals surface area contributed by atoms with Crippen LogP contribution in [0.3, 0.4) is 0 Å². The first kappa shape index (κ1) is 12.5. The van der Waals surface area contributed by atoms with E-state index in [1.807, 2.05) is 12.1 Å². The first-order valence-electron chi connectivity index (χ1n) is 5.83. The van der Waals surface area contributed by atoms with Crippen LogP contribution in [0.4, 0.5) is 5.88 Å². The van der Waals surface area contributed by atoms with E-state index in [1.165, 1.54) is 0 Å². The Morgan fingerprint density at radius 2 is 1.94 bits per heavy atom. The molecule has 4 heteroatoms. The first-order valence-corrected chi connectivity index (χ1v) is 5.83. The standard InChI is InChI=1S/C14H18N2O2/c1-14(2,3)11-7-5-6-9(12(11)17-4)10-8-16-18-13(10)15/h5-8H,15H2,1-4H3. The van der Waals surface area contributed by atoms with Gasteiger partial charge in [-0.05, 0) is 5.41 Å². The summed E-state index contributed by atoms with van der Waals surface area (Å²) in [5, 5.41) is 3.71. The van der Waals surface area contributed by atoms with Gasteiger partial charge in [0.05, 0.1) is 18.9 Å². The zero-order valence-electron chi connectivity index (χ0n) is 11.2. The minimum Gasteiger partial charge on any atom is -0.496 e. The number of nitrogen functional groups attached to an aromatic ring is 1. The van der Waals surface area contributed by atoms with Crippen molar-refractivity contribution in [2.24, 2.45) is 0 Å². The maximum atomic E-state index is 5.77. The van der Waals surface area contributed by atoms with Gasteiger partial charge in [0.25, 0.3) is 0 Å². The monoisotopic (exact) mass is 246 g/mol. The Kier molecular flexibility index (Phi) is 3.03. The molecule has 0 aliphatic carbocycles. The average Bonchev–Trinajstić information content (AvgIpc) is 2.73. The number of rotatable bonds is 2. The largest absolute Gasteiger partial charge is 0.496 e. The number of ether oxygens (including phenoxy) is 1. The molecule has 0 atom stereocenters. The van der Waals surface area contributed by atoms with Gasteiger partial charge in [0.15, 0.2) is 0 Å². The average molecular weight is 246 g/mol. The molecule has 0 spiro atoms. The summed E-state index contributed by atoms with van der Waals surface area (Å²) in [6.45, 7) is 6.43. The molecule has 18 heavy (non-hydrogen) atoms. The van der Waals surface area contributed by atoms with Gasteiger partial charge in [0.1, 0.15) is 5.75 Å². The van der Waals surface area contributed by atoms with Crippen molar-refractivity contribution in [1.82, 2.24) is 5.16 Å². The van der Waals surface area contributed by atoms with E-state index in [2.05, 4.69) is 32.0 Å². The van der Waals surface area contributed by atoms with Gasteiger partial charge in [-0.1, -0.05) is 44.1 Å². The molecule has 0 unspecified atom stereocenters. The van der Waals surface area contributed by atoms with Crippen LogP contribution in [0, 0.1) is 0 Å². The van der Waals surface area contributed by atoms with Crippen LogP contribution in [0.2, 0.25) is 0 Å². The quantitative estimate of drug-likeness (QED) is 0.883. The number of anilines is 1. The molecule has 1 aromatic heterocycles. The van der Waals surface area contributed by atoms with Crippen LogP contribution in [0.25, 0.3) is 11.1 Å². The Hall–Kier alpha value is -1.97. The van der Waals surface area contributed by atoms with Gasteiger partial charge in [-0.25, -0.2) is 0 Å². The van der Waals surface area contributed by atoms with Crippen molar-refractivity contribution in [3.63, 3.8) is 0 Å². The molecule has 2 rings (SSSR count). The molecule has 2 N–H and O–H groups in total. The highest BCUT2D eigenvalue weighted by molar-refractivity contribution is 5.78. The first-order chi connectivity index (χ1) is 8.45. The van der Waals surface area contributed by atoms with Crippen molar-refractivity contribution < 1.29 is 9.26 Å². The molecule has 0 saturated carbocycles. The normalized spacial score (nSPS) is 11.6. The third-order valence-corrected chi connectivity index (χ3v) is 2.92. The molecule has 2 aromatic rings. The van der Waals surface area contributed by atoms with E-state index in [-0.39, 0.29) is 5.41 Å². The van der Waals surface area contributed by atoms with Gasteiger partial charge in [0.2, 0.25) is 5.88 Å². The molecule has 1 heterocycles. The fourth-order valence-corrected chi connectivity index (χ4v) is 2.01. The van der Waals surface area contributed by atoms with E-state index < -0.39 is 0 Å². The van der Waals surface area contributed by atoms with Crippen LogP contribution < -0.4 is 10.5 Å². The molecule has 0 bridgehead atoms. The number of para-hydroxylation sites is 1. The summed E-state index contributed by atoms with van der Waals surface area (Å²) in [5.74, 6) is 1.12. The summed E-state index contributed by atoms with van der Waals surface area (Å²) in [6, 6.07) is 6.01. The number of hydrogen-bond acceptors (Lipinski definition) is 4. The van der Waals surface area contributed by atoms with Crippen LogP contribution >= 0.6 is 0 Å². The Morgan fingerprint density at radius 3 is 2.44 bits per heavy atom. The van der Waals surface area contributed by atoms with Crippen molar-refractivity contribution >= 4 is 5.88 Å². The second-order valence-electron chi connectivity index (χ2n) is 5.24. The van der Waals surface area contributed by atoms with Crippen molar-refractivity contribution in [1.29, 1.82) is 0 Å². The van der Waals surface area contributed by atoms with E-state index in [4.69, 9.17) is 15.0 Å². The van der Waals surface area contributed by atoms with Crippen molar-refractivity contribution in [2.75, 3.05) is 12.8 Å². The van der Waals surface area contributed by atoms with Crippen LogP contribution in [-0.4, -0.2) is 12.3 Å². The number of nitrogens with zero attached hydrogens (tertiary/aromatic N) is 1. The third kappa shape index (κ3) is 2.06. The van der Waals surface area contributed by atoms with Gasteiger partial charge in [-0.3, -0.25) is 0 Å². The fourth-order valence-electron chi connectivity index (χ4n) is 2.01. The van der Waals surface area contributed by atoms with Gasteiger partial charge in [0, 0.05) is 11.1 Å². The van der Waals surface area contributed by atoms with E-state index >= 15 is 0 Å². The molecular formula is C14H18N2O2. The predicted octanol–water partition coefficient (Wildman–Crippen LogP) is 3.23. The molecule has 0 amide bonds. The minimum atomic E-state index is -0.00667. The number of methoxy groups -OCH3 is 1. The summed E-state index contributed by atoms with van der Waals surface area (Å²) in [6.07, 6.45) is 1.61. The Bertz CT molecular complexity index is 553. The lowest BCUT2D eigenvalue weighted by Gasteiger charge is -2.23. The number of aromatic nitrogens is 1. The second-order valence-corrected chi connectivity index (χ2v) is 5.24. The van der Waals surface area contributed by atoms with Gasteiger partial charge in [-0.15, -0.1) is 0 Å². The molecule has 0 saturated heterocycles. The van der Waals surface area contributed by atoms with E-state index in [1.54, 1.807) is 13.3 Å². The maximum absolute atomic E-state index is 5.77. The van der Waals surface area contributed by atoms with Crippen molar-refractivity contribution in [3.8, 4) is 16.9 Å². The summed E-state index contributed by atoms with van der Waals surface area (Å²) in [7, 11) is 1.66. The highest BCUT2D eigenvalue weighted by Gasteiger charge is 2.22. The summed E-state index contributed by atoms with van der Waals surface area (Å²) < 4.78 is 10.5. The van der Waals surface area contributed by atoms with Gasteiger partial charge in [-0.2, -0.15) is 0 Å². The number of hydrogen-bond donors (Lipinski definition) is 1. The van der Waals surface area contributed by atoms with Crippen molar-refractivity contribution in [2.45, 2.75) is 26.2 Å². The molecular weight excluding hydrogens is 228 g/mol. The predicted molar refractivity (Wildman–Crippen MR) is 71.6 cm³/mol. The SMILES string of the molecule is COc1c(-c2cnoc2N)cccc1C(C)(C)C. The summed E-state index contributed by atoms with van der Waals surface area (Å²) in [4.78, 5) is 0. The van der Waals surface area contributed by atoms with Crippen LogP contribution in [-0.2, 0) is 5.41 Å². The molecule has 96 valence electrons. The second kappa shape index (κ2) is 4.37. The Morgan fingerprint density at radius 1 is 1.22 bits per heavy atom. The van der Waals surface area contributed by atoms with E-state index in [0.29, 0.717) is 5.88 Å². The van der Waals surface area contributed by atoms with Crippen LogP contribution in [0.15, 0.2) is 28.9 Å². The lowest BCUT2D eigenvalue weighted by molar-refractivity contribution is 0.399. The van der Waals surface area contributed by atoms with Crippen molar-refractivity contribution in [3.05, 3.63) is 30.0 Å². The molecule has 0 aliphatic heterocycles. The topological polar surface area (TPSA) is 61.3 Å². The fraction of sp³-hybridized carbons (Fsp3) is 0.357. The molecule has 1 aromatic carbocycles. The van der Waals surface area contributed by atoms with Gasteiger partial charge >= 0.3 is 0 Å². The molecule has 4 nitrogen and oxygen atoms in total. The van der Waals surface area contributed by atoms with Crippen LogP contribution in [0.1, 0.15) is 26.3 Å². The zero-order chi connectivity index (χ0) is 13.3. The third-order valence-electron chi connectivity index (χ3n) is 2.92. The molecule has 0 fully saturated rings. The Labute approximate surface area is 107 Å².